The first kappa shape index (κ1) is 14.8. The quantitative estimate of drug-likeness (QED) is 0.687. The third kappa shape index (κ3) is 3.63. The molecule has 1 atom stereocenters. The minimum Gasteiger partial charge on any atom is -0.468 e. The van der Waals surface area contributed by atoms with E-state index in [1.807, 2.05) is 0 Å². The van der Waals surface area contributed by atoms with Crippen LogP contribution in [0.15, 0.2) is 0 Å². The van der Waals surface area contributed by atoms with Gasteiger partial charge in [-0.2, -0.15) is 8.78 Å². The van der Waals surface area contributed by atoms with Gasteiger partial charge in [0.25, 0.3) is 0 Å². The molecule has 1 aliphatic rings. The van der Waals surface area contributed by atoms with Crippen molar-refractivity contribution in [1.29, 1.82) is 0 Å². The van der Waals surface area contributed by atoms with Gasteiger partial charge in [-0.25, -0.2) is 4.79 Å². The SMILES string of the molecule is CCOC(=O)C(F)(F)C(NCC(=O)OC)C1CC1. The number of esters is 2. The average molecular weight is 265 g/mol. The first-order chi connectivity index (χ1) is 8.43. The molecule has 1 fully saturated rings. The number of methoxy groups -OCH3 is 1. The molecule has 0 aromatic heterocycles. The summed E-state index contributed by atoms with van der Waals surface area (Å²) in [7, 11) is 1.17. The highest BCUT2D eigenvalue weighted by molar-refractivity contribution is 5.79. The van der Waals surface area contributed by atoms with Gasteiger partial charge >= 0.3 is 17.9 Å². The van der Waals surface area contributed by atoms with E-state index < -0.39 is 23.9 Å². The topological polar surface area (TPSA) is 64.6 Å². The molecule has 0 saturated heterocycles. The Bertz CT molecular complexity index is 318. The van der Waals surface area contributed by atoms with Crippen molar-refractivity contribution >= 4 is 11.9 Å². The van der Waals surface area contributed by atoms with Crippen LogP contribution >= 0.6 is 0 Å². The highest BCUT2D eigenvalue weighted by atomic mass is 19.3. The summed E-state index contributed by atoms with van der Waals surface area (Å²) >= 11 is 0. The number of hydrogen-bond acceptors (Lipinski definition) is 5. The maximum Gasteiger partial charge on any atom is 0.378 e. The van der Waals surface area contributed by atoms with Crippen molar-refractivity contribution in [3.8, 4) is 0 Å². The second-order valence-corrected chi connectivity index (χ2v) is 4.12. The highest BCUT2D eigenvalue weighted by Crippen LogP contribution is 2.40. The van der Waals surface area contributed by atoms with Gasteiger partial charge < -0.3 is 9.47 Å². The lowest BCUT2D eigenvalue weighted by molar-refractivity contribution is -0.177. The molecule has 0 aromatic rings. The van der Waals surface area contributed by atoms with Gasteiger partial charge in [0, 0.05) is 0 Å². The summed E-state index contributed by atoms with van der Waals surface area (Å²) in [6, 6.07) is -1.38. The fourth-order valence-corrected chi connectivity index (χ4v) is 1.64. The van der Waals surface area contributed by atoms with Crippen LogP contribution in [0.3, 0.4) is 0 Å². The summed E-state index contributed by atoms with van der Waals surface area (Å²) in [5.41, 5.74) is 0. The number of nitrogens with one attached hydrogen (secondary N) is 1. The fraction of sp³-hybridized carbons (Fsp3) is 0.818. The molecule has 0 radical (unpaired) electrons. The van der Waals surface area contributed by atoms with Gasteiger partial charge in [-0.1, -0.05) is 0 Å². The van der Waals surface area contributed by atoms with Crippen molar-refractivity contribution in [2.45, 2.75) is 31.7 Å². The Hall–Kier alpha value is -1.24. The van der Waals surface area contributed by atoms with Crippen molar-refractivity contribution in [2.24, 2.45) is 5.92 Å². The van der Waals surface area contributed by atoms with Gasteiger partial charge in [0.15, 0.2) is 0 Å². The van der Waals surface area contributed by atoms with E-state index in [0.717, 1.165) is 0 Å². The molecule has 1 N–H and O–H groups in total. The van der Waals surface area contributed by atoms with Crippen LogP contribution in [-0.4, -0.2) is 44.2 Å². The van der Waals surface area contributed by atoms with E-state index in [2.05, 4.69) is 14.8 Å². The lowest BCUT2D eigenvalue weighted by Gasteiger charge is -2.25. The number of hydrogen-bond donors (Lipinski definition) is 1. The molecule has 1 rings (SSSR count). The van der Waals surface area contributed by atoms with E-state index in [9.17, 15) is 18.4 Å². The standard InChI is InChI=1S/C11H17F2NO4/c1-3-18-10(16)11(12,13)9(7-4-5-7)14-6-8(15)17-2/h7,9,14H,3-6H2,1-2H3. The summed E-state index contributed by atoms with van der Waals surface area (Å²) in [4.78, 5) is 22.2. The largest absolute Gasteiger partial charge is 0.468 e. The molecule has 0 heterocycles. The van der Waals surface area contributed by atoms with Crippen molar-refractivity contribution in [3.63, 3.8) is 0 Å². The average Bonchev–Trinajstić information content (AvgIpc) is 3.13. The van der Waals surface area contributed by atoms with Crippen molar-refractivity contribution in [2.75, 3.05) is 20.3 Å². The van der Waals surface area contributed by atoms with Crippen molar-refractivity contribution < 1.29 is 27.8 Å². The Morgan fingerprint density at radius 2 is 2.06 bits per heavy atom. The molecule has 1 aliphatic carbocycles. The van der Waals surface area contributed by atoms with Gasteiger partial charge in [-0.05, 0) is 25.7 Å². The molecule has 1 saturated carbocycles. The first-order valence-electron chi connectivity index (χ1n) is 5.78. The third-order valence-corrected chi connectivity index (χ3v) is 2.73. The predicted octanol–water partition coefficient (Wildman–Crippen LogP) is 0.726. The zero-order valence-corrected chi connectivity index (χ0v) is 10.4. The molecule has 0 aromatic carbocycles. The number of ether oxygens (including phenoxy) is 2. The number of carbonyl (C=O) groups excluding carboxylic acids is 2. The molecular formula is C11H17F2NO4. The number of carbonyl (C=O) groups is 2. The summed E-state index contributed by atoms with van der Waals surface area (Å²) in [6.45, 7) is 0.997. The minimum atomic E-state index is -3.63. The van der Waals surface area contributed by atoms with Crippen LogP contribution in [0.25, 0.3) is 0 Å². The van der Waals surface area contributed by atoms with Crippen LogP contribution in [0.2, 0.25) is 0 Å². The summed E-state index contributed by atoms with van der Waals surface area (Å²) in [5.74, 6) is -6.15. The van der Waals surface area contributed by atoms with Crippen LogP contribution in [0.4, 0.5) is 8.78 Å². The van der Waals surface area contributed by atoms with Gasteiger partial charge in [0.05, 0.1) is 26.3 Å². The molecule has 18 heavy (non-hydrogen) atoms. The Morgan fingerprint density at radius 1 is 1.44 bits per heavy atom. The van der Waals surface area contributed by atoms with Crippen LogP contribution in [0.1, 0.15) is 19.8 Å². The number of alkyl halides is 2. The monoisotopic (exact) mass is 265 g/mol. The Kier molecular flexibility index (Phi) is 5.01. The summed E-state index contributed by atoms with van der Waals surface area (Å²) < 4.78 is 36.4. The Labute approximate surface area is 104 Å². The minimum absolute atomic E-state index is 0.108. The molecule has 5 nitrogen and oxygen atoms in total. The Morgan fingerprint density at radius 3 is 2.50 bits per heavy atom. The molecule has 104 valence electrons. The zero-order chi connectivity index (χ0) is 13.8. The van der Waals surface area contributed by atoms with E-state index in [4.69, 9.17) is 0 Å². The smallest absolute Gasteiger partial charge is 0.378 e. The molecule has 7 heteroatoms. The van der Waals surface area contributed by atoms with Crippen LogP contribution in [-0.2, 0) is 19.1 Å². The Balaban J connectivity index is 2.65. The zero-order valence-electron chi connectivity index (χ0n) is 10.4. The maximum atomic E-state index is 13.8. The van der Waals surface area contributed by atoms with E-state index in [1.165, 1.54) is 14.0 Å². The van der Waals surface area contributed by atoms with E-state index in [1.54, 1.807) is 0 Å². The predicted molar refractivity (Wildman–Crippen MR) is 58.1 cm³/mol. The van der Waals surface area contributed by atoms with Gasteiger partial charge in [-0.3, -0.25) is 10.1 Å². The first-order valence-corrected chi connectivity index (χ1v) is 5.78. The lowest BCUT2D eigenvalue weighted by atomic mass is 10.1. The number of halogens is 2. The van der Waals surface area contributed by atoms with Crippen LogP contribution < -0.4 is 5.32 Å². The third-order valence-electron chi connectivity index (χ3n) is 2.73. The summed E-state index contributed by atoms with van der Waals surface area (Å²) in [5, 5.41) is 2.39. The maximum absolute atomic E-state index is 13.8. The van der Waals surface area contributed by atoms with Crippen LogP contribution in [0, 0.1) is 5.92 Å². The second-order valence-electron chi connectivity index (χ2n) is 4.12. The molecular weight excluding hydrogens is 248 g/mol. The van der Waals surface area contributed by atoms with E-state index in [-0.39, 0.29) is 19.1 Å². The molecule has 0 spiro atoms. The van der Waals surface area contributed by atoms with E-state index in [0.29, 0.717) is 12.8 Å². The fourth-order valence-electron chi connectivity index (χ4n) is 1.64. The highest BCUT2D eigenvalue weighted by Gasteiger charge is 2.54. The molecule has 0 aliphatic heterocycles. The van der Waals surface area contributed by atoms with Crippen molar-refractivity contribution in [3.05, 3.63) is 0 Å². The van der Waals surface area contributed by atoms with Crippen LogP contribution in [0.5, 0.6) is 0 Å². The summed E-state index contributed by atoms with van der Waals surface area (Å²) in [6.07, 6.45) is 1.21. The van der Waals surface area contributed by atoms with E-state index >= 15 is 0 Å². The number of rotatable bonds is 7. The van der Waals surface area contributed by atoms with Gasteiger partial charge in [0.2, 0.25) is 0 Å². The normalized spacial score (nSPS) is 17.1. The van der Waals surface area contributed by atoms with Gasteiger partial charge in [0.1, 0.15) is 0 Å². The molecule has 1 unspecified atom stereocenters. The van der Waals surface area contributed by atoms with Gasteiger partial charge in [-0.15, -0.1) is 0 Å². The van der Waals surface area contributed by atoms with Crippen molar-refractivity contribution in [1.82, 2.24) is 5.32 Å². The molecule has 0 bridgehead atoms. The second kappa shape index (κ2) is 6.08. The lowest BCUT2D eigenvalue weighted by Crippen LogP contribution is -2.53. The molecule has 0 amide bonds.